The molecule has 3 heteroatoms. The molecule has 0 aromatic heterocycles. The molecule has 0 N–H and O–H groups in total. The van der Waals surface area contributed by atoms with E-state index in [4.69, 9.17) is 8.85 Å². The second-order valence-electron chi connectivity index (χ2n) is 5.10. The average molecular weight is 264 g/mol. The summed E-state index contributed by atoms with van der Waals surface area (Å²) in [4.78, 5) is 0. The summed E-state index contributed by atoms with van der Waals surface area (Å²) in [6, 6.07) is 8.38. The van der Waals surface area contributed by atoms with Crippen LogP contribution in [0.25, 0.3) is 5.57 Å². The highest BCUT2D eigenvalue weighted by atomic mass is 28.3. The van der Waals surface area contributed by atoms with Gasteiger partial charge in [-0.2, -0.15) is 0 Å². The lowest BCUT2D eigenvalue weighted by Gasteiger charge is -2.21. The van der Waals surface area contributed by atoms with Crippen LogP contribution in [0.5, 0.6) is 0 Å². The number of allylic oxidation sites excluding steroid dienone is 1. The third-order valence-corrected chi connectivity index (χ3v) is 4.98. The molecule has 0 atom stereocenters. The number of rotatable bonds is 6. The quantitative estimate of drug-likeness (QED) is 0.735. The predicted octanol–water partition coefficient (Wildman–Crippen LogP) is 3.00. The molecule has 0 spiro atoms. The van der Waals surface area contributed by atoms with Crippen molar-refractivity contribution in [1.29, 1.82) is 0 Å². The van der Waals surface area contributed by atoms with Gasteiger partial charge in [0.1, 0.15) is 0 Å². The number of hydrogen-bond acceptors (Lipinski definition) is 2. The van der Waals surface area contributed by atoms with Crippen LogP contribution in [-0.4, -0.2) is 21.5 Å². The molecule has 0 saturated carbocycles. The summed E-state index contributed by atoms with van der Waals surface area (Å²) in [5.74, 6) is 0. The maximum Gasteiger partial charge on any atom is 0.356 e. The zero-order valence-corrected chi connectivity index (χ0v) is 13.2. The van der Waals surface area contributed by atoms with E-state index >= 15 is 0 Å². The van der Waals surface area contributed by atoms with Crippen molar-refractivity contribution in [1.82, 2.24) is 0 Å². The van der Waals surface area contributed by atoms with Crippen LogP contribution < -0.4 is 5.19 Å². The first-order valence-electron chi connectivity index (χ1n) is 6.47. The molecule has 100 valence electrons. The van der Waals surface area contributed by atoms with Crippen LogP contribution in [-0.2, 0) is 8.85 Å². The lowest BCUT2D eigenvalue weighted by Crippen LogP contribution is -2.40. The first kappa shape index (κ1) is 15.2. The minimum absolute atomic E-state index is 0.196. The van der Waals surface area contributed by atoms with Crippen molar-refractivity contribution in [3.63, 3.8) is 0 Å². The molecule has 1 aromatic rings. The first-order valence-corrected chi connectivity index (χ1v) is 7.99. The Labute approximate surface area is 112 Å². The lowest BCUT2D eigenvalue weighted by atomic mass is 10.1. The van der Waals surface area contributed by atoms with Crippen LogP contribution in [0.4, 0.5) is 0 Å². The van der Waals surface area contributed by atoms with E-state index in [9.17, 15) is 0 Å². The molecule has 18 heavy (non-hydrogen) atoms. The Bertz CT molecular complexity index is 372. The molecule has 0 aliphatic carbocycles. The summed E-state index contributed by atoms with van der Waals surface area (Å²) >= 11 is 0. The minimum atomic E-state index is -1.79. The molecule has 0 bridgehead atoms. The maximum absolute atomic E-state index is 5.94. The van der Waals surface area contributed by atoms with Crippen molar-refractivity contribution in [2.75, 3.05) is 0 Å². The van der Waals surface area contributed by atoms with Crippen molar-refractivity contribution in [3.8, 4) is 0 Å². The highest BCUT2D eigenvalue weighted by Crippen LogP contribution is 2.10. The fourth-order valence-electron chi connectivity index (χ4n) is 1.61. The maximum atomic E-state index is 5.94. The van der Waals surface area contributed by atoms with E-state index in [-0.39, 0.29) is 12.2 Å². The monoisotopic (exact) mass is 264 g/mol. The van der Waals surface area contributed by atoms with Crippen molar-refractivity contribution < 1.29 is 8.85 Å². The van der Waals surface area contributed by atoms with E-state index < -0.39 is 9.28 Å². The van der Waals surface area contributed by atoms with Crippen LogP contribution in [0.1, 0.15) is 40.2 Å². The van der Waals surface area contributed by atoms with E-state index in [1.807, 2.05) is 34.6 Å². The van der Waals surface area contributed by atoms with E-state index in [0.29, 0.717) is 0 Å². The highest BCUT2D eigenvalue weighted by Gasteiger charge is 2.19. The lowest BCUT2D eigenvalue weighted by molar-refractivity contribution is 0.139. The summed E-state index contributed by atoms with van der Waals surface area (Å²) in [6.07, 6.45) is 0.391. The fraction of sp³-hybridized carbons (Fsp3) is 0.467. The molecular formula is C15H24O2Si. The Morgan fingerprint density at radius 3 is 1.78 bits per heavy atom. The van der Waals surface area contributed by atoms with Gasteiger partial charge in [-0.05, 0) is 45.4 Å². The van der Waals surface area contributed by atoms with Crippen LogP contribution in [0, 0.1) is 0 Å². The van der Waals surface area contributed by atoms with Gasteiger partial charge in [-0.25, -0.2) is 0 Å². The second-order valence-corrected chi connectivity index (χ2v) is 6.98. The Morgan fingerprint density at radius 1 is 1.00 bits per heavy atom. The summed E-state index contributed by atoms with van der Waals surface area (Å²) in [5.41, 5.74) is 2.25. The van der Waals surface area contributed by atoms with Gasteiger partial charge in [-0.1, -0.05) is 36.4 Å². The second kappa shape index (κ2) is 6.88. The topological polar surface area (TPSA) is 18.5 Å². The molecule has 0 saturated heterocycles. The van der Waals surface area contributed by atoms with Crippen molar-refractivity contribution in [2.24, 2.45) is 0 Å². The molecule has 0 amide bonds. The largest absolute Gasteiger partial charge is 0.391 e. The molecule has 0 unspecified atom stereocenters. The molecule has 0 heterocycles. The van der Waals surface area contributed by atoms with Gasteiger partial charge in [0.15, 0.2) is 0 Å². The third kappa shape index (κ3) is 4.76. The Kier molecular flexibility index (Phi) is 5.79. The molecular weight excluding hydrogens is 240 g/mol. The molecule has 1 aromatic carbocycles. The smallest absolute Gasteiger partial charge is 0.356 e. The highest BCUT2D eigenvalue weighted by molar-refractivity contribution is 6.61. The van der Waals surface area contributed by atoms with Gasteiger partial charge in [0.2, 0.25) is 0 Å². The van der Waals surface area contributed by atoms with Gasteiger partial charge in [0.05, 0.1) is 0 Å². The molecule has 0 aliphatic rings. The Morgan fingerprint density at radius 2 is 1.44 bits per heavy atom. The van der Waals surface area contributed by atoms with Crippen molar-refractivity contribution in [2.45, 2.75) is 46.8 Å². The molecule has 0 fully saturated rings. The zero-order valence-electron chi connectivity index (χ0n) is 12.1. The number of benzene rings is 1. The van der Waals surface area contributed by atoms with Crippen LogP contribution in [0.15, 0.2) is 30.8 Å². The molecule has 0 aliphatic heterocycles. The fourth-order valence-corrected chi connectivity index (χ4v) is 3.48. The predicted molar refractivity (Wildman–Crippen MR) is 80.4 cm³/mol. The minimum Gasteiger partial charge on any atom is -0.391 e. The van der Waals surface area contributed by atoms with E-state index in [1.165, 1.54) is 10.8 Å². The van der Waals surface area contributed by atoms with Gasteiger partial charge >= 0.3 is 9.28 Å². The van der Waals surface area contributed by atoms with E-state index in [1.54, 1.807) is 0 Å². The first-order chi connectivity index (χ1) is 8.40. The summed E-state index contributed by atoms with van der Waals surface area (Å²) in [5, 5.41) is 1.18. The van der Waals surface area contributed by atoms with Gasteiger partial charge in [0, 0.05) is 12.2 Å². The molecule has 1 rings (SSSR count). The summed E-state index contributed by atoms with van der Waals surface area (Å²) in [7, 11) is -1.79. The third-order valence-electron chi connectivity index (χ3n) is 2.47. The zero-order chi connectivity index (χ0) is 13.7. The Balaban J connectivity index is 2.87. The normalized spacial score (nSPS) is 11.6. The number of hydrogen-bond donors (Lipinski definition) is 0. The van der Waals surface area contributed by atoms with Crippen LogP contribution in [0.3, 0.4) is 0 Å². The van der Waals surface area contributed by atoms with Gasteiger partial charge < -0.3 is 8.85 Å². The van der Waals surface area contributed by atoms with Crippen molar-refractivity contribution in [3.05, 3.63) is 36.4 Å². The van der Waals surface area contributed by atoms with Crippen molar-refractivity contribution >= 4 is 20.0 Å². The van der Waals surface area contributed by atoms with E-state index in [0.717, 1.165) is 5.57 Å². The standard InChI is InChI=1S/C15H24O2Si/c1-11(2)14-7-9-15(10-8-14)18(16-12(3)4)17-13(5)6/h7-10,12-13,18H,1H2,2-6H3. The molecule has 0 radical (unpaired) electrons. The summed E-state index contributed by atoms with van der Waals surface area (Å²) < 4.78 is 11.9. The van der Waals surface area contributed by atoms with E-state index in [2.05, 4.69) is 30.8 Å². The van der Waals surface area contributed by atoms with Crippen LogP contribution >= 0.6 is 0 Å². The Hall–Kier alpha value is -0.903. The SMILES string of the molecule is C=C(C)c1ccc([SiH](OC(C)C)OC(C)C)cc1. The average Bonchev–Trinajstić information content (AvgIpc) is 2.27. The molecule has 2 nitrogen and oxygen atoms in total. The summed E-state index contributed by atoms with van der Waals surface area (Å²) in [6.45, 7) is 14.1. The van der Waals surface area contributed by atoms with Gasteiger partial charge in [-0.3, -0.25) is 0 Å². The van der Waals surface area contributed by atoms with Crippen LogP contribution in [0.2, 0.25) is 0 Å². The van der Waals surface area contributed by atoms with Gasteiger partial charge in [0.25, 0.3) is 0 Å². The van der Waals surface area contributed by atoms with Gasteiger partial charge in [-0.15, -0.1) is 0 Å².